The van der Waals surface area contributed by atoms with Crippen LogP contribution >= 0.6 is 15.8 Å². The molecule has 0 unspecified atom stereocenters. The Morgan fingerprint density at radius 1 is 0.303 bits per heavy atom. The Morgan fingerprint density at radius 2 is 0.576 bits per heavy atom. The maximum Gasteiger partial charge on any atom is -0.0207 e. The number of rotatable bonds is 8. The van der Waals surface area contributed by atoms with E-state index >= 15 is 0 Å². The highest BCUT2D eigenvalue weighted by Crippen LogP contribution is 2.61. The summed E-state index contributed by atoms with van der Waals surface area (Å²) in [6.45, 7) is 0. The summed E-state index contributed by atoms with van der Waals surface area (Å²) in [6, 6.07) is 0. The minimum absolute atomic E-state index is 0.319. The van der Waals surface area contributed by atoms with E-state index in [0.29, 0.717) is 15.8 Å². The quantitative estimate of drug-likeness (QED) is 0.297. The van der Waals surface area contributed by atoms with Crippen molar-refractivity contribution in [3.8, 4) is 0 Å². The molecular formula is C31H56P2. The molecule has 0 N–H and O–H groups in total. The molecule has 2 heteroatoms. The van der Waals surface area contributed by atoms with Crippen LogP contribution in [0.1, 0.15) is 148 Å². The van der Waals surface area contributed by atoms with Crippen LogP contribution in [-0.4, -0.2) is 35.0 Å². The van der Waals surface area contributed by atoms with E-state index in [9.17, 15) is 0 Å². The molecule has 2 atom stereocenters. The first-order valence-electron chi connectivity index (χ1n) is 15.9. The van der Waals surface area contributed by atoms with Gasteiger partial charge in [0, 0.05) is 0 Å². The molecule has 0 spiro atoms. The molecule has 0 nitrogen and oxygen atoms in total. The van der Waals surface area contributed by atoms with Crippen LogP contribution in [0, 0.1) is 11.8 Å². The largest absolute Gasteiger partial charge is 0.100 e. The second kappa shape index (κ2) is 13.4. The molecule has 5 fully saturated rings. The maximum atomic E-state index is 1.73. The van der Waals surface area contributed by atoms with Crippen molar-refractivity contribution >= 4 is 15.8 Å². The number of hydrogen-bond acceptors (Lipinski definition) is 0. The van der Waals surface area contributed by atoms with Gasteiger partial charge >= 0.3 is 0 Å². The van der Waals surface area contributed by atoms with Crippen molar-refractivity contribution in [2.24, 2.45) is 11.8 Å². The van der Waals surface area contributed by atoms with Gasteiger partial charge in [0.15, 0.2) is 0 Å². The van der Waals surface area contributed by atoms with Gasteiger partial charge in [-0.2, -0.15) is 0 Å². The van der Waals surface area contributed by atoms with Crippen LogP contribution in [0.25, 0.3) is 0 Å². The molecule has 5 rings (SSSR count). The molecule has 0 heterocycles. The zero-order valence-electron chi connectivity index (χ0n) is 22.0. The van der Waals surface area contributed by atoms with E-state index in [4.69, 9.17) is 0 Å². The fourth-order valence-corrected chi connectivity index (χ4v) is 17.5. The molecule has 0 aliphatic heterocycles. The molecule has 5 aliphatic carbocycles. The van der Waals surface area contributed by atoms with Crippen molar-refractivity contribution in [2.75, 3.05) is 12.3 Å². The standard InChI is InChI=1S/C31H56P2/c1-5-16-28(17-6-1)32(29-18-7-2-8-19-29)24-26-14-13-15-27(26)25-33(30-20-9-3-10-21-30)31-22-11-4-12-23-31/h26-31H,1-25H2/t26-,27-/m0/s1. The molecule has 0 saturated heterocycles. The Labute approximate surface area is 210 Å². The van der Waals surface area contributed by atoms with Crippen molar-refractivity contribution in [2.45, 2.75) is 170 Å². The Kier molecular flexibility index (Phi) is 10.4. The van der Waals surface area contributed by atoms with Crippen molar-refractivity contribution in [1.82, 2.24) is 0 Å². The Hall–Kier alpha value is 0.860. The fraction of sp³-hybridized carbons (Fsp3) is 1.00. The summed E-state index contributed by atoms with van der Waals surface area (Å²) in [5.74, 6) is 2.30. The lowest BCUT2D eigenvalue weighted by atomic mass is 9.99. The van der Waals surface area contributed by atoms with Gasteiger partial charge in [-0.25, -0.2) is 0 Å². The third-order valence-electron chi connectivity index (χ3n) is 10.9. The first kappa shape index (κ1) is 25.5. The van der Waals surface area contributed by atoms with Gasteiger partial charge in [0.25, 0.3) is 0 Å². The van der Waals surface area contributed by atoms with Gasteiger partial charge in [-0.3, -0.25) is 0 Å². The van der Waals surface area contributed by atoms with Crippen LogP contribution in [0.2, 0.25) is 0 Å². The molecule has 0 aromatic rings. The maximum absolute atomic E-state index is 1.73. The minimum Gasteiger partial charge on any atom is -0.100 e. The zero-order valence-corrected chi connectivity index (χ0v) is 23.8. The third kappa shape index (κ3) is 7.00. The lowest BCUT2D eigenvalue weighted by Gasteiger charge is -2.43. The van der Waals surface area contributed by atoms with E-state index in [1.165, 1.54) is 22.6 Å². The van der Waals surface area contributed by atoms with Crippen LogP contribution < -0.4 is 0 Å². The molecule has 33 heavy (non-hydrogen) atoms. The Morgan fingerprint density at radius 3 is 0.848 bits per heavy atom. The van der Waals surface area contributed by atoms with Crippen LogP contribution in [0.5, 0.6) is 0 Å². The molecule has 5 aliphatic rings. The van der Waals surface area contributed by atoms with Crippen molar-refractivity contribution in [1.29, 1.82) is 0 Å². The summed E-state index contributed by atoms with van der Waals surface area (Å²) >= 11 is 0. The highest BCUT2D eigenvalue weighted by Gasteiger charge is 2.39. The van der Waals surface area contributed by atoms with Crippen LogP contribution in [0.15, 0.2) is 0 Å². The molecule has 0 aromatic carbocycles. The zero-order chi connectivity index (χ0) is 22.3. The smallest absolute Gasteiger partial charge is 0.0207 e. The average Bonchev–Trinajstić information content (AvgIpc) is 3.34. The third-order valence-corrected chi connectivity index (χ3v) is 18.5. The van der Waals surface area contributed by atoms with Gasteiger partial charge in [-0.05, 0) is 111 Å². The van der Waals surface area contributed by atoms with Crippen molar-refractivity contribution in [3.63, 3.8) is 0 Å². The Bertz CT molecular complexity index is 453. The van der Waals surface area contributed by atoms with Gasteiger partial charge in [0.2, 0.25) is 0 Å². The second-order valence-electron chi connectivity index (χ2n) is 13.0. The summed E-state index contributed by atoms with van der Waals surface area (Å²) in [6.07, 6.45) is 40.0. The van der Waals surface area contributed by atoms with E-state index in [0.717, 1.165) is 11.8 Å². The summed E-state index contributed by atoms with van der Waals surface area (Å²) in [7, 11) is 0.637. The summed E-state index contributed by atoms with van der Waals surface area (Å²) in [5, 5.41) is 0. The van der Waals surface area contributed by atoms with E-state index in [1.54, 1.807) is 160 Å². The number of hydrogen-bond donors (Lipinski definition) is 0. The highest BCUT2D eigenvalue weighted by atomic mass is 31.1. The van der Waals surface area contributed by atoms with Gasteiger partial charge < -0.3 is 0 Å². The Balaban J connectivity index is 1.26. The second-order valence-corrected chi connectivity index (χ2v) is 18.7. The van der Waals surface area contributed by atoms with Gasteiger partial charge in [0.05, 0.1) is 0 Å². The molecule has 5 saturated carbocycles. The molecule has 0 bridgehead atoms. The summed E-state index contributed by atoms with van der Waals surface area (Å²) < 4.78 is 0. The molecule has 0 aromatic heterocycles. The molecule has 0 amide bonds. The molecule has 190 valence electrons. The van der Waals surface area contributed by atoms with E-state index in [2.05, 4.69) is 0 Å². The van der Waals surface area contributed by atoms with Crippen molar-refractivity contribution < 1.29 is 0 Å². The highest BCUT2D eigenvalue weighted by molar-refractivity contribution is 7.59. The molecular weight excluding hydrogens is 434 g/mol. The first-order valence-corrected chi connectivity index (χ1v) is 19.2. The predicted molar refractivity (Wildman–Crippen MR) is 152 cm³/mol. The lowest BCUT2D eigenvalue weighted by Crippen LogP contribution is -2.28. The lowest BCUT2D eigenvalue weighted by molar-refractivity contribution is 0.440. The predicted octanol–water partition coefficient (Wildman–Crippen LogP) is 10.7. The topological polar surface area (TPSA) is 0 Å². The van der Waals surface area contributed by atoms with E-state index < -0.39 is 0 Å². The normalized spacial score (nSPS) is 32.2. The summed E-state index contributed by atoms with van der Waals surface area (Å²) in [5.41, 5.74) is 4.71. The first-order chi connectivity index (χ1) is 16.4. The molecule has 0 radical (unpaired) electrons. The van der Waals surface area contributed by atoms with Gasteiger partial charge in [-0.15, -0.1) is 15.8 Å². The van der Waals surface area contributed by atoms with E-state index in [-0.39, 0.29) is 0 Å². The minimum atomic E-state index is 0.319. The fourth-order valence-electron chi connectivity index (χ4n) is 8.98. The average molecular weight is 491 g/mol. The van der Waals surface area contributed by atoms with Crippen LogP contribution in [-0.2, 0) is 0 Å². The van der Waals surface area contributed by atoms with Crippen molar-refractivity contribution in [3.05, 3.63) is 0 Å². The van der Waals surface area contributed by atoms with Crippen LogP contribution in [0.4, 0.5) is 0 Å². The summed E-state index contributed by atoms with van der Waals surface area (Å²) in [4.78, 5) is 0. The van der Waals surface area contributed by atoms with E-state index in [1.807, 2.05) is 0 Å². The van der Waals surface area contributed by atoms with Gasteiger partial charge in [0.1, 0.15) is 0 Å². The SMILES string of the molecule is C1CCC(P(C[C@@H]2CCC[C@H]2CP(C2CCCCC2)C2CCCCC2)C2CCCCC2)CC1. The van der Waals surface area contributed by atoms with Gasteiger partial charge in [-0.1, -0.05) is 83.5 Å². The van der Waals surface area contributed by atoms with Crippen LogP contribution in [0.3, 0.4) is 0 Å². The monoisotopic (exact) mass is 490 g/mol.